The number of nitrogens with zero attached hydrogens (tertiary/aromatic N) is 2. The molecule has 0 aliphatic rings. The summed E-state index contributed by atoms with van der Waals surface area (Å²) in [5, 5.41) is 14.5. The van der Waals surface area contributed by atoms with Crippen molar-refractivity contribution in [3.8, 4) is 0 Å². The summed E-state index contributed by atoms with van der Waals surface area (Å²) in [6.45, 7) is 3.38. The standard InChI is InChI=1S/C14H13N3O4/c1-9(11-3-5-12(6-4-11)17(19)20)15-16-14(18)13-7-8-21-10(13)2/h3-8H,1-2H3,(H,16,18)/b15-9-. The van der Waals surface area contributed by atoms with Gasteiger partial charge in [-0.05, 0) is 37.6 Å². The first-order chi connectivity index (χ1) is 9.99. The fourth-order valence-electron chi connectivity index (χ4n) is 1.70. The smallest absolute Gasteiger partial charge is 0.274 e. The average molecular weight is 287 g/mol. The number of hydrogen-bond donors (Lipinski definition) is 1. The van der Waals surface area contributed by atoms with Crippen LogP contribution in [0.15, 0.2) is 46.1 Å². The second kappa shape index (κ2) is 6.00. The first kappa shape index (κ1) is 14.4. The predicted molar refractivity (Wildman–Crippen MR) is 76.2 cm³/mol. The van der Waals surface area contributed by atoms with E-state index in [1.54, 1.807) is 32.0 Å². The molecule has 0 unspecified atom stereocenters. The van der Waals surface area contributed by atoms with Crippen molar-refractivity contribution in [2.75, 3.05) is 0 Å². The number of nitro groups is 1. The Labute approximate surface area is 120 Å². The molecule has 0 radical (unpaired) electrons. The molecule has 1 aromatic heterocycles. The Balaban J connectivity index is 2.09. The number of benzene rings is 1. The quantitative estimate of drug-likeness (QED) is 0.531. The third-order valence-electron chi connectivity index (χ3n) is 2.92. The summed E-state index contributed by atoms with van der Waals surface area (Å²) < 4.78 is 5.04. The van der Waals surface area contributed by atoms with Gasteiger partial charge in [-0.25, -0.2) is 5.43 Å². The number of carbonyl (C=O) groups excluding carboxylic acids is 1. The molecule has 0 aliphatic carbocycles. The third kappa shape index (κ3) is 3.33. The van der Waals surface area contributed by atoms with Crippen LogP contribution in [0.25, 0.3) is 0 Å². The molecular formula is C14H13N3O4. The number of nitro benzene ring substituents is 1. The number of hydrogen-bond acceptors (Lipinski definition) is 5. The fraction of sp³-hybridized carbons (Fsp3) is 0.143. The number of rotatable bonds is 4. The molecule has 0 bridgehead atoms. The Bertz CT molecular complexity index is 701. The van der Waals surface area contributed by atoms with Crippen molar-refractivity contribution in [1.29, 1.82) is 0 Å². The number of nitrogens with one attached hydrogen (secondary N) is 1. The minimum atomic E-state index is -0.473. The summed E-state index contributed by atoms with van der Waals surface area (Å²) >= 11 is 0. The number of carbonyl (C=O) groups is 1. The Kier molecular flexibility index (Phi) is 4.13. The first-order valence-corrected chi connectivity index (χ1v) is 6.12. The molecule has 7 nitrogen and oxygen atoms in total. The van der Waals surface area contributed by atoms with Crippen molar-refractivity contribution in [2.45, 2.75) is 13.8 Å². The topological polar surface area (TPSA) is 97.7 Å². The van der Waals surface area contributed by atoms with Gasteiger partial charge in [0.15, 0.2) is 0 Å². The van der Waals surface area contributed by atoms with Gasteiger partial charge in [-0.15, -0.1) is 0 Å². The van der Waals surface area contributed by atoms with Crippen LogP contribution in [-0.2, 0) is 0 Å². The summed E-state index contributed by atoms with van der Waals surface area (Å²) in [5.74, 6) is 0.137. The number of aryl methyl sites for hydroxylation is 1. The van der Waals surface area contributed by atoms with Gasteiger partial charge in [-0.1, -0.05) is 0 Å². The maximum Gasteiger partial charge on any atom is 0.274 e. The third-order valence-corrected chi connectivity index (χ3v) is 2.92. The molecule has 2 rings (SSSR count). The Morgan fingerprint density at radius 1 is 1.29 bits per heavy atom. The lowest BCUT2D eigenvalue weighted by Crippen LogP contribution is -2.19. The summed E-state index contributed by atoms with van der Waals surface area (Å²) in [5.41, 5.74) is 4.06. The van der Waals surface area contributed by atoms with E-state index in [0.29, 0.717) is 22.6 Å². The second-order valence-electron chi connectivity index (χ2n) is 4.33. The number of amides is 1. The lowest BCUT2D eigenvalue weighted by atomic mass is 10.1. The Morgan fingerprint density at radius 2 is 1.95 bits per heavy atom. The molecular weight excluding hydrogens is 274 g/mol. The zero-order valence-electron chi connectivity index (χ0n) is 11.5. The van der Waals surface area contributed by atoms with Crippen molar-refractivity contribution >= 4 is 17.3 Å². The minimum Gasteiger partial charge on any atom is -0.469 e. The molecule has 108 valence electrons. The van der Waals surface area contributed by atoms with E-state index in [-0.39, 0.29) is 11.6 Å². The van der Waals surface area contributed by atoms with Gasteiger partial charge in [0.05, 0.1) is 22.5 Å². The van der Waals surface area contributed by atoms with Crippen LogP contribution in [-0.4, -0.2) is 16.5 Å². The van der Waals surface area contributed by atoms with E-state index in [2.05, 4.69) is 10.5 Å². The molecule has 1 N–H and O–H groups in total. The van der Waals surface area contributed by atoms with Crippen molar-refractivity contribution in [2.24, 2.45) is 5.10 Å². The Morgan fingerprint density at radius 3 is 2.48 bits per heavy atom. The lowest BCUT2D eigenvalue weighted by Gasteiger charge is -2.02. The summed E-state index contributed by atoms with van der Waals surface area (Å²) in [7, 11) is 0. The molecule has 7 heteroatoms. The van der Waals surface area contributed by atoms with E-state index >= 15 is 0 Å². The highest BCUT2D eigenvalue weighted by Crippen LogP contribution is 2.12. The first-order valence-electron chi connectivity index (χ1n) is 6.12. The molecule has 1 aromatic carbocycles. The molecule has 0 saturated heterocycles. The van der Waals surface area contributed by atoms with Gasteiger partial charge in [0.1, 0.15) is 5.76 Å². The van der Waals surface area contributed by atoms with Gasteiger partial charge >= 0.3 is 0 Å². The number of furan rings is 1. The van der Waals surface area contributed by atoms with E-state index in [1.807, 2.05) is 0 Å². The van der Waals surface area contributed by atoms with Gasteiger partial charge < -0.3 is 4.42 Å². The zero-order chi connectivity index (χ0) is 15.4. The summed E-state index contributed by atoms with van der Waals surface area (Å²) in [6, 6.07) is 7.48. The van der Waals surface area contributed by atoms with Crippen LogP contribution < -0.4 is 5.43 Å². The van der Waals surface area contributed by atoms with Crippen molar-refractivity contribution in [1.82, 2.24) is 5.43 Å². The van der Waals surface area contributed by atoms with E-state index < -0.39 is 4.92 Å². The van der Waals surface area contributed by atoms with E-state index in [1.165, 1.54) is 18.4 Å². The predicted octanol–water partition coefficient (Wildman–Crippen LogP) is 2.65. The molecule has 0 fully saturated rings. The SMILES string of the molecule is C/C(=N/NC(=O)c1ccoc1C)c1ccc([N+](=O)[O-])cc1. The minimum absolute atomic E-state index is 0.00427. The van der Waals surface area contributed by atoms with Gasteiger partial charge in [0.25, 0.3) is 11.6 Å². The molecule has 0 saturated carbocycles. The van der Waals surface area contributed by atoms with Crippen LogP contribution in [0.1, 0.15) is 28.6 Å². The van der Waals surface area contributed by atoms with E-state index in [0.717, 1.165) is 0 Å². The largest absolute Gasteiger partial charge is 0.469 e. The highest BCUT2D eigenvalue weighted by Gasteiger charge is 2.11. The maximum absolute atomic E-state index is 11.8. The molecule has 0 aliphatic heterocycles. The molecule has 0 atom stereocenters. The lowest BCUT2D eigenvalue weighted by molar-refractivity contribution is -0.384. The number of non-ortho nitro benzene ring substituents is 1. The van der Waals surface area contributed by atoms with E-state index in [4.69, 9.17) is 4.42 Å². The maximum atomic E-state index is 11.8. The molecule has 21 heavy (non-hydrogen) atoms. The summed E-state index contributed by atoms with van der Waals surface area (Å²) in [4.78, 5) is 21.9. The number of hydrazone groups is 1. The fourth-order valence-corrected chi connectivity index (χ4v) is 1.70. The molecule has 1 heterocycles. The average Bonchev–Trinajstić information content (AvgIpc) is 2.90. The van der Waals surface area contributed by atoms with Gasteiger partial charge in [0, 0.05) is 12.1 Å². The van der Waals surface area contributed by atoms with Crippen LogP contribution in [0.2, 0.25) is 0 Å². The van der Waals surface area contributed by atoms with Crippen LogP contribution >= 0.6 is 0 Å². The summed E-state index contributed by atoms with van der Waals surface area (Å²) in [6.07, 6.45) is 1.43. The Hall–Kier alpha value is -2.96. The molecule has 2 aromatic rings. The monoisotopic (exact) mass is 287 g/mol. The highest BCUT2D eigenvalue weighted by molar-refractivity contribution is 6.01. The van der Waals surface area contributed by atoms with Crippen molar-refractivity contribution in [3.63, 3.8) is 0 Å². The van der Waals surface area contributed by atoms with Gasteiger partial charge in [-0.2, -0.15) is 5.10 Å². The van der Waals surface area contributed by atoms with Crippen LogP contribution in [0, 0.1) is 17.0 Å². The molecule has 0 spiro atoms. The van der Waals surface area contributed by atoms with Gasteiger partial charge in [0.2, 0.25) is 0 Å². The van der Waals surface area contributed by atoms with Crippen LogP contribution in [0.4, 0.5) is 5.69 Å². The van der Waals surface area contributed by atoms with Crippen LogP contribution in [0.5, 0.6) is 0 Å². The van der Waals surface area contributed by atoms with Crippen LogP contribution in [0.3, 0.4) is 0 Å². The second-order valence-corrected chi connectivity index (χ2v) is 4.33. The highest BCUT2D eigenvalue weighted by atomic mass is 16.6. The van der Waals surface area contributed by atoms with Crippen molar-refractivity contribution < 1.29 is 14.1 Å². The van der Waals surface area contributed by atoms with E-state index in [9.17, 15) is 14.9 Å². The normalized spacial score (nSPS) is 11.2. The molecule has 1 amide bonds. The van der Waals surface area contributed by atoms with Gasteiger partial charge in [-0.3, -0.25) is 14.9 Å². The van der Waals surface area contributed by atoms with Crippen molar-refractivity contribution in [3.05, 3.63) is 63.6 Å². The zero-order valence-corrected chi connectivity index (χ0v) is 11.5.